The first kappa shape index (κ1) is 19.4. The number of likely N-dealkylation sites (N-methyl/N-ethyl adjacent to an activating group) is 1. The summed E-state index contributed by atoms with van der Waals surface area (Å²) < 4.78 is 54.2. The van der Waals surface area contributed by atoms with E-state index in [0.717, 1.165) is 17.8 Å². The summed E-state index contributed by atoms with van der Waals surface area (Å²) in [6.07, 6.45) is 0.522. The predicted molar refractivity (Wildman–Crippen MR) is 102 cm³/mol. The molecular formula is C18H19F2N3O3S2. The number of nitrogens with zero attached hydrogens (tertiary/aromatic N) is 3. The van der Waals surface area contributed by atoms with Crippen molar-refractivity contribution in [3.8, 4) is 0 Å². The minimum atomic E-state index is -4.04. The van der Waals surface area contributed by atoms with Gasteiger partial charge in [-0.05, 0) is 37.0 Å². The summed E-state index contributed by atoms with van der Waals surface area (Å²) in [7, 11) is -2.24. The van der Waals surface area contributed by atoms with E-state index in [9.17, 15) is 22.0 Å². The van der Waals surface area contributed by atoms with Crippen molar-refractivity contribution in [3.05, 3.63) is 46.7 Å². The van der Waals surface area contributed by atoms with Crippen molar-refractivity contribution in [2.45, 2.75) is 16.9 Å². The number of carbonyl (C=O) groups is 1. The van der Waals surface area contributed by atoms with Crippen molar-refractivity contribution < 1.29 is 22.0 Å². The van der Waals surface area contributed by atoms with Gasteiger partial charge in [0, 0.05) is 31.1 Å². The molecule has 1 aromatic heterocycles. The van der Waals surface area contributed by atoms with Crippen LogP contribution in [0.1, 0.15) is 6.42 Å². The molecule has 0 radical (unpaired) electrons. The molecule has 1 amide bonds. The number of amides is 1. The van der Waals surface area contributed by atoms with Crippen LogP contribution in [0.25, 0.3) is 0 Å². The monoisotopic (exact) mass is 427 g/mol. The van der Waals surface area contributed by atoms with Crippen molar-refractivity contribution in [2.75, 3.05) is 38.1 Å². The van der Waals surface area contributed by atoms with E-state index < -0.39 is 32.1 Å². The molecule has 2 saturated heterocycles. The molecule has 1 aromatic carbocycles. The van der Waals surface area contributed by atoms with Crippen LogP contribution in [-0.4, -0.2) is 62.3 Å². The second-order valence-electron chi connectivity index (χ2n) is 7.24. The Bertz CT molecular complexity index is 993. The fraction of sp³-hybridized carbons (Fsp3) is 0.389. The molecule has 0 bridgehead atoms. The fourth-order valence-corrected chi connectivity index (χ4v) is 6.10. The lowest BCUT2D eigenvalue weighted by atomic mass is 9.93. The highest BCUT2D eigenvalue weighted by Crippen LogP contribution is 2.36. The third kappa shape index (κ3) is 3.24. The number of hydrogen-bond donors (Lipinski definition) is 0. The van der Waals surface area contributed by atoms with Crippen molar-refractivity contribution in [3.63, 3.8) is 0 Å². The Morgan fingerprint density at radius 2 is 1.86 bits per heavy atom. The van der Waals surface area contributed by atoms with Gasteiger partial charge in [0.25, 0.3) is 0 Å². The molecule has 0 unspecified atom stereocenters. The summed E-state index contributed by atoms with van der Waals surface area (Å²) >= 11 is 1.49. The lowest BCUT2D eigenvalue weighted by molar-refractivity contribution is -0.123. The van der Waals surface area contributed by atoms with Crippen LogP contribution in [0.15, 0.2) is 39.9 Å². The van der Waals surface area contributed by atoms with Gasteiger partial charge < -0.3 is 4.90 Å². The zero-order valence-corrected chi connectivity index (χ0v) is 16.8. The highest BCUT2D eigenvalue weighted by molar-refractivity contribution is 7.89. The number of sulfonamides is 1. The Morgan fingerprint density at radius 3 is 2.50 bits per heavy atom. The van der Waals surface area contributed by atoms with Gasteiger partial charge in [0.05, 0.1) is 22.7 Å². The highest BCUT2D eigenvalue weighted by Gasteiger charge is 2.50. The molecule has 0 aliphatic carbocycles. The maximum Gasteiger partial charge on any atom is 0.243 e. The van der Waals surface area contributed by atoms with E-state index in [0.29, 0.717) is 19.0 Å². The van der Waals surface area contributed by atoms with Gasteiger partial charge in [0.1, 0.15) is 11.6 Å². The van der Waals surface area contributed by atoms with Gasteiger partial charge in [-0.3, -0.25) is 9.69 Å². The van der Waals surface area contributed by atoms with Crippen molar-refractivity contribution in [1.82, 2.24) is 9.21 Å². The van der Waals surface area contributed by atoms with Crippen LogP contribution in [0, 0.1) is 11.6 Å². The molecule has 2 fully saturated rings. The van der Waals surface area contributed by atoms with E-state index in [2.05, 4.69) is 0 Å². The first-order chi connectivity index (χ1) is 13.2. The van der Waals surface area contributed by atoms with E-state index in [1.165, 1.54) is 15.6 Å². The summed E-state index contributed by atoms with van der Waals surface area (Å²) in [4.78, 5) is 15.7. The molecular weight excluding hydrogens is 408 g/mol. The lowest BCUT2D eigenvalue weighted by Gasteiger charge is -2.46. The van der Waals surface area contributed by atoms with Crippen LogP contribution in [0.5, 0.6) is 0 Å². The van der Waals surface area contributed by atoms with Crippen LogP contribution >= 0.6 is 11.3 Å². The molecule has 1 atom stereocenters. The molecule has 2 aliphatic rings. The van der Waals surface area contributed by atoms with Crippen molar-refractivity contribution in [2.24, 2.45) is 0 Å². The molecule has 2 aliphatic heterocycles. The summed E-state index contributed by atoms with van der Waals surface area (Å²) in [5.41, 5.74) is 0.255. The van der Waals surface area contributed by atoms with Crippen molar-refractivity contribution >= 4 is 33.0 Å². The molecule has 6 nitrogen and oxygen atoms in total. The maximum absolute atomic E-state index is 13.5. The predicted octanol–water partition coefficient (Wildman–Crippen LogP) is 2.14. The fourth-order valence-electron chi connectivity index (χ4n) is 3.90. The van der Waals surface area contributed by atoms with Crippen LogP contribution in [0.2, 0.25) is 0 Å². The van der Waals surface area contributed by atoms with Gasteiger partial charge in [-0.2, -0.15) is 15.6 Å². The Hall–Kier alpha value is -1.88. The van der Waals surface area contributed by atoms with E-state index in [-0.39, 0.29) is 25.5 Å². The second kappa shape index (κ2) is 6.87. The van der Waals surface area contributed by atoms with E-state index >= 15 is 0 Å². The average Bonchev–Trinajstić information content (AvgIpc) is 3.29. The van der Waals surface area contributed by atoms with Gasteiger partial charge in [-0.1, -0.05) is 0 Å². The number of piperazine rings is 1. The maximum atomic E-state index is 13.5. The van der Waals surface area contributed by atoms with E-state index in [1.807, 2.05) is 21.7 Å². The molecule has 2 aromatic rings. The summed E-state index contributed by atoms with van der Waals surface area (Å²) in [6.45, 7) is 0.912. The number of hydrogen-bond acceptors (Lipinski definition) is 5. The van der Waals surface area contributed by atoms with Gasteiger partial charge in [0.15, 0.2) is 0 Å². The number of anilines is 1. The SMILES string of the molecule is CN1CC(=O)N(c2ccsc2)C[C@]12CCN(S(=O)(=O)c1cc(F)cc(F)c1)C2. The summed E-state index contributed by atoms with van der Waals surface area (Å²) in [6, 6.07) is 4.16. The van der Waals surface area contributed by atoms with Crippen LogP contribution in [-0.2, 0) is 14.8 Å². The zero-order valence-electron chi connectivity index (χ0n) is 15.1. The lowest BCUT2D eigenvalue weighted by Crippen LogP contribution is -2.64. The molecule has 1 spiro atoms. The Morgan fingerprint density at radius 1 is 1.14 bits per heavy atom. The number of benzene rings is 1. The largest absolute Gasteiger partial charge is 0.309 e. The molecule has 3 heterocycles. The van der Waals surface area contributed by atoms with Gasteiger partial charge in [0.2, 0.25) is 15.9 Å². The molecule has 0 saturated carbocycles. The van der Waals surface area contributed by atoms with Crippen molar-refractivity contribution in [1.29, 1.82) is 0 Å². The Kier molecular flexibility index (Phi) is 4.77. The molecule has 28 heavy (non-hydrogen) atoms. The summed E-state index contributed by atoms with van der Waals surface area (Å²) in [5, 5.41) is 3.77. The standard InChI is InChI=1S/C18H19F2N3O3S2/c1-21-9-17(24)23(15-2-5-27-10-15)12-18(21)3-4-22(11-18)28(25,26)16-7-13(19)6-14(20)8-16/h2,5-8,10H,3-4,9,11-12H2,1H3/t18-/m1/s1. The zero-order chi connectivity index (χ0) is 20.1. The minimum Gasteiger partial charge on any atom is -0.309 e. The minimum absolute atomic E-state index is 0.0416. The van der Waals surface area contributed by atoms with Crippen LogP contribution < -0.4 is 4.90 Å². The number of halogens is 2. The first-order valence-electron chi connectivity index (χ1n) is 8.71. The van der Waals surface area contributed by atoms with Gasteiger partial charge in [-0.15, -0.1) is 0 Å². The molecule has 150 valence electrons. The van der Waals surface area contributed by atoms with Gasteiger partial charge in [-0.25, -0.2) is 17.2 Å². The van der Waals surface area contributed by atoms with Crippen LogP contribution in [0.3, 0.4) is 0 Å². The Balaban J connectivity index is 1.62. The number of rotatable bonds is 3. The molecule has 10 heteroatoms. The quantitative estimate of drug-likeness (QED) is 0.753. The molecule has 0 N–H and O–H groups in total. The summed E-state index contributed by atoms with van der Waals surface area (Å²) in [5.74, 6) is -1.91. The first-order valence-corrected chi connectivity index (χ1v) is 11.1. The van der Waals surface area contributed by atoms with E-state index in [1.54, 1.807) is 11.9 Å². The smallest absolute Gasteiger partial charge is 0.243 e. The third-order valence-corrected chi connectivity index (χ3v) is 8.02. The highest BCUT2D eigenvalue weighted by atomic mass is 32.2. The Labute approximate surface area is 166 Å². The molecule has 4 rings (SSSR count). The third-order valence-electron chi connectivity index (χ3n) is 5.52. The number of thiophene rings is 1. The van der Waals surface area contributed by atoms with Crippen LogP contribution in [0.4, 0.5) is 14.5 Å². The number of carbonyl (C=O) groups excluding carboxylic acids is 1. The van der Waals surface area contributed by atoms with Gasteiger partial charge >= 0.3 is 0 Å². The van der Waals surface area contributed by atoms with E-state index in [4.69, 9.17) is 0 Å². The topological polar surface area (TPSA) is 60.9 Å². The average molecular weight is 427 g/mol. The normalized spacial score (nSPS) is 24.4. The second-order valence-corrected chi connectivity index (χ2v) is 9.95.